The van der Waals surface area contributed by atoms with Crippen molar-refractivity contribution in [2.75, 3.05) is 23.8 Å². The number of amides is 3. The number of nitrogens with zero attached hydrogens (tertiary/aromatic N) is 2. The fraction of sp³-hybridized carbons (Fsp3) is 0.278. The van der Waals surface area contributed by atoms with Crippen LogP contribution in [-0.4, -0.2) is 63.9 Å². The van der Waals surface area contributed by atoms with Gasteiger partial charge in [0.15, 0.2) is 9.84 Å². The smallest absolute Gasteiger partial charge is 0.329 e. The van der Waals surface area contributed by atoms with Crippen molar-refractivity contribution in [1.82, 2.24) is 9.80 Å². The maximum absolute atomic E-state index is 12.9. The minimum atomic E-state index is -3.61. The van der Waals surface area contributed by atoms with Crippen molar-refractivity contribution in [3.63, 3.8) is 0 Å². The number of rotatable bonds is 12. The summed E-state index contributed by atoms with van der Waals surface area (Å²) in [5.41, 5.74) is 4.49. The van der Waals surface area contributed by atoms with Crippen molar-refractivity contribution in [3.05, 3.63) is 123 Å². The van der Waals surface area contributed by atoms with E-state index in [1.807, 2.05) is 68.4 Å². The molecule has 1 unspecified atom stereocenters. The summed E-state index contributed by atoms with van der Waals surface area (Å²) in [6.07, 6.45) is 1.11. The lowest BCUT2D eigenvalue weighted by Gasteiger charge is -2.21. The Hall–Kier alpha value is -4.14. The number of aryl methyl sites for hydroxylation is 2. The molecule has 0 saturated carbocycles. The number of halogens is 2. The molecular formula is C36H39Cl2N3O8S2. The number of sulfone groups is 1. The van der Waals surface area contributed by atoms with Crippen molar-refractivity contribution in [2.24, 2.45) is 0 Å². The monoisotopic (exact) mass is 775 g/mol. The zero-order valence-electron chi connectivity index (χ0n) is 28.7. The highest BCUT2D eigenvalue weighted by atomic mass is 35.5. The molecule has 1 aliphatic heterocycles. The highest BCUT2D eigenvalue weighted by Gasteiger charge is 2.45. The minimum absolute atomic E-state index is 0.0143. The first-order chi connectivity index (χ1) is 24.0. The number of carbonyl (C=O) groups is 2. The summed E-state index contributed by atoms with van der Waals surface area (Å²) >= 11 is 12.4. The minimum Gasteiger partial charge on any atom is -0.487 e. The highest BCUT2D eigenvalue weighted by molar-refractivity contribution is 7.92. The first-order valence-corrected chi connectivity index (χ1v) is 20.2. The van der Waals surface area contributed by atoms with Crippen LogP contribution in [-0.2, 0) is 49.1 Å². The number of urea groups is 1. The Morgan fingerprint density at radius 3 is 1.98 bits per heavy atom. The molecule has 1 N–H and O–H groups in total. The topological polar surface area (TPSA) is 139 Å². The van der Waals surface area contributed by atoms with E-state index in [9.17, 15) is 26.4 Å². The van der Waals surface area contributed by atoms with Gasteiger partial charge in [0.05, 0.1) is 29.9 Å². The standard InChI is InChI=1S/C20H21ClN2O3.C16H18ClNO5S2/c1-3-26-19-18(24)22(13-16-11-14(2)9-10-17(16)21)20(25)23(19)12-15-7-5-4-6-8-15;1-11-4-6-14(17)12(8-11)10-23-16-7-5-13(24(2,19)20)9-15(16)18-25(3,21)22/h4-11,19H,3,12-13H2,1-2H3;4-9,18H,10H2,1-3H3. The average Bonchev–Trinajstić information content (AvgIpc) is 3.27. The van der Waals surface area contributed by atoms with Crippen LogP contribution in [0, 0.1) is 13.8 Å². The third-order valence-corrected chi connectivity index (χ3v) is 9.98. The molecular weight excluding hydrogens is 737 g/mol. The van der Waals surface area contributed by atoms with Gasteiger partial charge in [0.25, 0.3) is 5.91 Å². The van der Waals surface area contributed by atoms with Crippen LogP contribution in [0.2, 0.25) is 10.0 Å². The van der Waals surface area contributed by atoms with Gasteiger partial charge in [0.2, 0.25) is 16.3 Å². The summed E-state index contributed by atoms with van der Waals surface area (Å²) in [5.74, 6) is -0.152. The molecule has 3 amide bonds. The van der Waals surface area contributed by atoms with E-state index in [4.69, 9.17) is 32.7 Å². The van der Waals surface area contributed by atoms with Crippen LogP contribution in [0.3, 0.4) is 0 Å². The Morgan fingerprint density at radius 1 is 0.784 bits per heavy atom. The van der Waals surface area contributed by atoms with Crippen LogP contribution in [0.5, 0.6) is 5.75 Å². The Morgan fingerprint density at radius 2 is 1.39 bits per heavy atom. The van der Waals surface area contributed by atoms with Crippen LogP contribution < -0.4 is 9.46 Å². The molecule has 0 bridgehead atoms. The molecule has 51 heavy (non-hydrogen) atoms. The molecule has 1 aliphatic rings. The van der Waals surface area contributed by atoms with Gasteiger partial charge in [-0.2, -0.15) is 0 Å². The Kier molecular flexibility index (Phi) is 13.2. The van der Waals surface area contributed by atoms with Crippen molar-refractivity contribution < 1.29 is 35.9 Å². The van der Waals surface area contributed by atoms with Gasteiger partial charge in [-0.1, -0.05) is 88.9 Å². The number of imide groups is 1. The van der Waals surface area contributed by atoms with Gasteiger partial charge in [0.1, 0.15) is 12.4 Å². The molecule has 0 aliphatic carbocycles. The largest absolute Gasteiger partial charge is 0.487 e. The molecule has 4 aromatic rings. The van der Waals surface area contributed by atoms with E-state index in [0.717, 1.165) is 40.3 Å². The lowest BCUT2D eigenvalue weighted by molar-refractivity contribution is -0.142. The predicted molar refractivity (Wildman–Crippen MR) is 198 cm³/mol. The SMILES string of the molecule is CCOC1C(=O)N(Cc2cc(C)ccc2Cl)C(=O)N1Cc1ccccc1.Cc1ccc(Cl)c(COc2ccc(S(C)(=O)=O)cc2NS(C)(=O)=O)c1. The fourth-order valence-corrected chi connectivity index (χ4v) is 6.68. The lowest BCUT2D eigenvalue weighted by atomic mass is 10.1. The number of sulfonamides is 1. The number of ether oxygens (including phenoxy) is 2. The number of hydrogen-bond acceptors (Lipinski definition) is 8. The van der Waals surface area contributed by atoms with E-state index in [2.05, 4.69) is 4.72 Å². The molecule has 272 valence electrons. The van der Waals surface area contributed by atoms with E-state index in [0.29, 0.717) is 23.2 Å². The number of anilines is 1. The average molecular weight is 777 g/mol. The molecule has 5 rings (SSSR count). The number of carbonyl (C=O) groups excluding carboxylic acids is 2. The molecule has 15 heteroatoms. The summed E-state index contributed by atoms with van der Waals surface area (Å²) in [5, 5.41) is 1.06. The van der Waals surface area contributed by atoms with E-state index < -0.39 is 26.1 Å². The second-order valence-electron chi connectivity index (χ2n) is 11.9. The molecule has 0 aromatic heterocycles. The van der Waals surface area contributed by atoms with Gasteiger partial charge in [-0.15, -0.1) is 0 Å². The molecule has 1 saturated heterocycles. The van der Waals surface area contributed by atoms with E-state index in [-0.39, 0.29) is 41.4 Å². The van der Waals surface area contributed by atoms with Crippen LogP contribution in [0.15, 0.2) is 89.8 Å². The quantitative estimate of drug-likeness (QED) is 0.152. The molecule has 0 radical (unpaired) electrons. The second kappa shape index (κ2) is 16.9. The van der Waals surface area contributed by atoms with Crippen LogP contribution in [0.1, 0.15) is 34.7 Å². The van der Waals surface area contributed by atoms with Crippen LogP contribution >= 0.6 is 23.2 Å². The van der Waals surface area contributed by atoms with Crippen molar-refractivity contribution in [1.29, 1.82) is 0 Å². The van der Waals surface area contributed by atoms with Crippen molar-refractivity contribution in [2.45, 2.75) is 51.6 Å². The molecule has 1 fully saturated rings. The summed E-state index contributed by atoms with van der Waals surface area (Å²) < 4.78 is 60.0. The summed E-state index contributed by atoms with van der Waals surface area (Å²) in [7, 11) is -7.10. The number of nitrogens with one attached hydrogen (secondary N) is 1. The third kappa shape index (κ3) is 10.9. The van der Waals surface area contributed by atoms with Crippen LogP contribution in [0.4, 0.5) is 10.5 Å². The van der Waals surface area contributed by atoms with E-state index in [1.165, 1.54) is 28.0 Å². The van der Waals surface area contributed by atoms with Gasteiger partial charge in [0, 0.05) is 28.5 Å². The third-order valence-electron chi connectivity index (χ3n) is 7.55. The van der Waals surface area contributed by atoms with Crippen molar-refractivity contribution >= 4 is 60.7 Å². The zero-order chi connectivity index (χ0) is 37.5. The summed E-state index contributed by atoms with van der Waals surface area (Å²) in [6.45, 7) is 6.56. The van der Waals surface area contributed by atoms with Gasteiger partial charge < -0.3 is 9.47 Å². The number of benzene rings is 4. The first kappa shape index (κ1) is 39.6. The first-order valence-electron chi connectivity index (χ1n) is 15.7. The van der Waals surface area contributed by atoms with Gasteiger partial charge in [-0.25, -0.2) is 21.6 Å². The van der Waals surface area contributed by atoms with Gasteiger partial charge in [-0.3, -0.25) is 19.3 Å². The number of hydrogen-bond donors (Lipinski definition) is 1. The second-order valence-corrected chi connectivity index (χ2v) is 16.5. The molecule has 11 nitrogen and oxygen atoms in total. The maximum Gasteiger partial charge on any atom is 0.329 e. The molecule has 0 spiro atoms. The lowest BCUT2D eigenvalue weighted by Crippen LogP contribution is -2.36. The van der Waals surface area contributed by atoms with Crippen molar-refractivity contribution in [3.8, 4) is 5.75 Å². The zero-order valence-corrected chi connectivity index (χ0v) is 31.9. The summed E-state index contributed by atoms with van der Waals surface area (Å²) in [6, 6.07) is 24.2. The maximum atomic E-state index is 12.9. The Labute approximate surface area is 309 Å². The fourth-order valence-electron chi connectivity index (χ4n) is 5.12. The Bertz CT molecular complexity index is 2110. The predicted octanol–water partition coefficient (Wildman–Crippen LogP) is 6.98. The van der Waals surface area contributed by atoms with Gasteiger partial charge >= 0.3 is 6.03 Å². The highest BCUT2D eigenvalue weighted by Crippen LogP contribution is 2.31. The molecule has 4 aromatic carbocycles. The molecule has 1 atom stereocenters. The van der Waals surface area contributed by atoms with Crippen LogP contribution in [0.25, 0.3) is 0 Å². The summed E-state index contributed by atoms with van der Waals surface area (Å²) in [4.78, 5) is 28.4. The van der Waals surface area contributed by atoms with E-state index >= 15 is 0 Å². The Balaban J connectivity index is 0.000000229. The van der Waals surface area contributed by atoms with Gasteiger partial charge in [-0.05, 0) is 62.2 Å². The normalized spacial score (nSPS) is 14.7. The molecule has 1 heterocycles. The van der Waals surface area contributed by atoms with E-state index in [1.54, 1.807) is 19.1 Å².